The van der Waals surface area contributed by atoms with E-state index in [0.29, 0.717) is 0 Å². The first-order valence-electron chi connectivity index (χ1n) is 6.61. The molecule has 0 aliphatic carbocycles. The lowest BCUT2D eigenvalue weighted by atomic mass is 10.1. The third-order valence-electron chi connectivity index (χ3n) is 3.43. The number of aromatic nitrogens is 1. The summed E-state index contributed by atoms with van der Waals surface area (Å²) in [6.45, 7) is 4.17. The van der Waals surface area contributed by atoms with Crippen molar-refractivity contribution in [3.05, 3.63) is 55.8 Å². The van der Waals surface area contributed by atoms with Gasteiger partial charge in [-0.05, 0) is 65.0 Å². The normalized spacial score (nSPS) is 12.6. The van der Waals surface area contributed by atoms with E-state index in [2.05, 4.69) is 50.7 Å². The fourth-order valence-electron chi connectivity index (χ4n) is 2.42. The van der Waals surface area contributed by atoms with E-state index in [1.165, 1.54) is 4.88 Å². The van der Waals surface area contributed by atoms with Crippen molar-refractivity contribution in [2.75, 3.05) is 5.32 Å². The minimum atomic E-state index is 0.169. The van der Waals surface area contributed by atoms with Crippen LogP contribution in [0.4, 0.5) is 5.69 Å². The number of nitrogens with one attached hydrogen (secondary N) is 1. The largest absolute Gasteiger partial charge is 0.376 e. The van der Waals surface area contributed by atoms with Crippen molar-refractivity contribution in [1.82, 2.24) is 4.98 Å². The SMILES string of the molecule is Cc1cc(Cl)c(NC(C)c2sccc2Br)c2cccnc12. The Kier molecular flexibility index (Phi) is 4.20. The van der Waals surface area contributed by atoms with Crippen LogP contribution in [0.5, 0.6) is 0 Å². The van der Waals surface area contributed by atoms with Gasteiger partial charge in [0.25, 0.3) is 0 Å². The second-order valence-corrected chi connectivity index (χ2v) is 7.16. The molecule has 0 spiro atoms. The summed E-state index contributed by atoms with van der Waals surface area (Å²) in [6.07, 6.45) is 1.81. The lowest BCUT2D eigenvalue weighted by Crippen LogP contribution is -2.07. The van der Waals surface area contributed by atoms with Crippen LogP contribution >= 0.6 is 38.9 Å². The molecule has 0 radical (unpaired) electrons. The van der Waals surface area contributed by atoms with E-state index in [9.17, 15) is 0 Å². The maximum absolute atomic E-state index is 6.46. The smallest absolute Gasteiger partial charge is 0.0752 e. The van der Waals surface area contributed by atoms with Gasteiger partial charge in [-0.3, -0.25) is 4.98 Å². The zero-order valence-corrected chi connectivity index (χ0v) is 14.8. The first kappa shape index (κ1) is 14.8. The molecule has 5 heteroatoms. The van der Waals surface area contributed by atoms with E-state index < -0.39 is 0 Å². The van der Waals surface area contributed by atoms with E-state index in [4.69, 9.17) is 11.6 Å². The van der Waals surface area contributed by atoms with Crippen LogP contribution in [0.3, 0.4) is 0 Å². The van der Waals surface area contributed by atoms with Gasteiger partial charge in [0.05, 0.1) is 22.3 Å². The highest BCUT2D eigenvalue weighted by molar-refractivity contribution is 9.10. The Hall–Kier alpha value is -1.10. The lowest BCUT2D eigenvalue weighted by Gasteiger charge is -2.18. The average molecular weight is 382 g/mol. The quantitative estimate of drug-likeness (QED) is 0.584. The molecule has 0 aliphatic rings. The number of rotatable bonds is 3. The van der Waals surface area contributed by atoms with E-state index in [1.54, 1.807) is 11.3 Å². The molecular formula is C16H14BrClN2S. The third kappa shape index (κ3) is 2.80. The number of thiophene rings is 1. The lowest BCUT2D eigenvalue weighted by molar-refractivity contribution is 0.905. The van der Waals surface area contributed by atoms with Gasteiger partial charge < -0.3 is 5.32 Å². The van der Waals surface area contributed by atoms with Gasteiger partial charge in [0.1, 0.15) is 0 Å². The van der Waals surface area contributed by atoms with Gasteiger partial charge in [-0.1, -0.05) is 11.6 Å². The number of aryl methyl sites for hydroxylation is 1. The molecule has 21 heavy (non-hydrogen) atoms. The Morgan fingerprint density at radius 3 is 2.90 bits per heavy atom. The summed E-state index contributed by atoms with van der Waals surface area (Å²) in [5, 5.41) is 7.40. The van der Waals surface area contributed by atoms with Crippen LogP contribution in [0.15, 0.2) is 40.3 Å². The fraction of sp³-hybridized carbons (Fsp3) is 0.188. The van der Waals surface area contributed by atoms with Crippen LogP contribution in [-0.2, 0) is 0 Å². The van der Waals surface area contributed by atoms with Gasteiger partial charge in [0.15, 0.2) is 0 Å². The van der Waals surface area contributed by atoms with Crippen LogP contribution in [0, 0.1) is 6.92 Å². The number of nitrogens with zero attached hydrogens (tertiary/aromatic N) is 1. The molecule has 0 saturated heterocycles. The molecule has 0 amide bonds. The van der Waals surface area contributed by atoms with Crippen molar-refractivity contribution in [1.29, 1.82) is 0 Å². The molecule has 1 atom stereocenters. The first-order valence-corrected chi connectivity index (χ1v) is 8.66. The van der Waals surface area contributed by atoms with Crippen LogP contribution in [0.2, 0.25) is 5.02 Å². The Balaban J connectivity index is 2.07. The standard InChI is InChI=1S/C16H14BrClN2S/c1-9-8-13(18)15(11-4-3-6-19-14(9)11)20-10(2)16-12(17)5-7-21-16/h3-8,10,20H,1-2H3. The molecular weight excluding hydrogens is 368 g/mol. The Bertz CT molecular complexity index is 800. The highest BCUT2D eigenvalue weighted by Crippen LogP contribution is 2.37. The molecule has 1 N–H and O–H groups in total. The molecule has 0 saturated carbocycles. The van der Waals surface area contributed by atoms with Gasteiger partial charge in [-0.15, -0.1) is 11.3 Å². The molecule has 0 bridgehead atoms. The van der Waals surface area contributed by atoms with E-state index in [0.717, 1.165) is 31.6 Å². The number of benzene rings is 1. The summed E-state index contributed by atoms with van der Waals surface area (Å²) in [7, 11) is 0. The number of pyridine rings is 1. The molecule has 108 valence electrons. The second-order valence-electron chi connectivity index (χ2n) is 4.95. The molecule has 0 fully saturated rings. The van der Waals surface area contributed by atoms with Crippen LogP contribution in [-0.4, -0.2) is 4.98 Å². The minimum absolute atomic E-state index is 0.169. The van der Waals surface area contributed by atoms with Crippen molar-refractivity contribution in [3.63, 3.8) is 0 Å². The zero-order valence-electron chi connectivity index (χ0n) is 11.7. The van der Waals surface area contributed by atoms with E-state index in [-0.39, 0.29) is 6.04 Å². The summed E-state index contributed by atoms with van der Waals surface area (Å²) in [5.41, 5.74) is 3.02. The van der Waals surface area contributed by atoms with Crippen LogP contribution in [0.1, 0.15) is 23.4 Å². The predicted molar refractivity (Wildman–Crippen MR) is 95.5 cm³/mol. The van der Waals surface area contributed by atoms with Crippen molar-refractivity contribution in [2.45, 2.75) is 19.9 Å². The Labute approximate surface area is 141 Å². The van der Waals surface area contributed by atoms with Crippen molar-refractivity contribution >= 4 is 55.5 Å². The van der Waals surface area contributed by atoms with E-state index >= 15 is 0 Å². The van der Waals surface area contributed by atoms with Crippen molar-refractivity contribution in [2.24, 2.45) is 0 Å². The highest BCUT2D eigenvalue weighted by Gasteiger charge is 2.15. The maximum atomic E-state index is 6.46. The van der Waals surface area contributed by atoms with Crippen LogP contribution in [0.25, 0.3) is 10.9 Å². The molecule has 2 heterocycles. The molecule has 0 aliphatic heterocycles. The summed E-state index contributed by atoms with van der Waals surface area (Å²) in [4.78, 5) is 5.72. The number of halogens is 2. The predicted octanol–water partition coefficient (Wildman–Crippen LogP) is 6.19. The van der Waals surface area contributed by atoms with Gasteiger partial charge in [-0.25, -0.2) is 0 Å². The number of fused-ring (bicyclic) bond motifs is 1. The Morgan fingerprint density at radius 2 is 2.19 bits per heavy atom. The summed E-state index contributed by atoms with van der Waals surface area (Å²) >= 11 is 11.8. The van der Waals surface area contributed by atoms with Gasteiger partial charge >= 0.3 is 0 Å². The second kappa shape index (κ2) is 5.95. The average Bonchev–Trinajstić information content (AvgIpc) is 2.89. The van der Waals surface area contributed by atoms with Gasteiger partial charge in [-0.2, -0.15) is 0 Å². The molecule has 2 nitrogen and oxygen atoms in total. The summed E-state index contributed by atoms with van der Waals surface area (Å²) in [6, 6.07) is 8.20. The Morgan fingerprint density at radius 1 is 1.38 bits per heavy atom. The maximum Gasteiger partial charge on any atom is 0.0752 e. The van der Waals surface area contributed by atoms with Gasteiger partial charge in [0, 0.05) is 20.9 Å². The number of anilines is 1. The first-order chi connectivity index (χ1) is 10.1. The van der Waals surface area contributed by atoms with Gasteiger partial charge in [0.2, 0.25) is 0 Å². The summed E-state index contributed by atoms with van der Waals surface area (Å²) in [5.74, 6) is 0. The molecule has 1 unspecified atom stereocenters. The summed E-state index contributed by atoms with van der Waals surface area (Å²) < 4.78 is 1.12. The zero-order chi connectivity index (χ0) is 15.0. The fourth-order valence-corrected chi connectivity index (χ4v) is 4.47. The van der Waals surface area contributed by atoms with Crippen molar-refractivity contribution in [3.8, 4) is 0 Å². The van der Waals surface area contributed by atoms with Crippen LogP contribution < -0.4 is 5.32 Å². The number of hydrogen-bond acceptors (Lipinski definition) is 3. The minimum Gasteiger partial charge on any atom is -0.376 e. The molecule has 2 aromatic heterocycles. The third-order valence-corrected chi connectivity index (χ3v) is 5.78. The molecule has 3 aromatic rings. The highest BCUT2D eigenvalue weighted by atomic mass is 79.9. The topological polar surface area (TPSA) is 24.9 Å². The number of hydrogen-bond donors (Lipinski definition) is 1. The van der Waals surface area contributed by atoms with Crippen molar-refractivity contribution < 1.29 is 0 Å². The monoisotopic (exact) mass is 380 g/mol. The van der Waals surface area contributed by atoms with E-state index in [1.807, 2.05) is 25.3 Å². The molecule has 1 aromatic carbocycles. The molecule has 3 rings (SSSR count).